The van der Waals surface area contributed by atoms with Gasteiger partial charge in [0.15, 0.2) is 11.6 Å². The average Bonchev–Trinajstić information content (AvgIpc) is 3.51. The van der Waals surface area contributed by atoms with Crippen molar-refractivity contribution < 1.29 is 23.1 Å². The van der Waals surface area contributed by atoms with E-state index in [4.69, 9.17) is 8.83 Å². The van der Waals surface area contributed by atoms with Gasteiger partial charge in [-0.2, -0.15) is 4.39 Å². The van der Waals surface area contributed by atoms with E-state index in [0.29, 0.717) is 21.5 Å². The molecule has 1 amide bonds. The van der Waals surface area contributed by atoms with E-state index < -0.39 is 16.9 Å². The lowest BCUT2D eigenvalue weighted by Crippen LogP contribution is -2.27. The molecule has 5 aromatic rings. The number of thiazole rings is 1. The Morgan fingerprint density at radius 3 is 2.74 bits per heavy atom. The molecule has 0 aliphatic heterocycles. The van der Waals surface area contributed by atoms with Gasteiger partial charge >= 0.3 is 4.87 Å². The predicted octanol–water partition coefficient (Wildman–Crippen LogP) is 2.68. The molecule has 4 heterocycles. The number of carbonyl (C=O) groups is 1. The molecule has 0 saturated heterocycles. The summed E-state index contributed by atoms with van der Waals surface area (Å²) in [5.74, 6) is -0.972. The standard InChI is InChI=1S/C21H15FN6O5S/c1-9(29)24-17(20-28-27-16(33-20)7-14-18(30)26-21(31)34-14)19-25-12-4-2-10(6-13(12)32-19)11-3-5-15(22)23-8-11/h2-6,8,17,30H,7H2,1H3,(H,24,29)(H,26,31). The number of H-pyrrole nitrogens is 1. The van der Waals surface area contributed by atoms with Crippen molar-refractivity contribution in [3.05, 3.63) is 74.7 Å². The smallest absolute Gasteiger partial charge is 0.307 e. The third-order valence-corrected chi connectivity index (χ3v) is 5.67. The number of hydrogen-bond donors (Lipinski definition) is 3. The average molecular weight is 482 g/mol. The minimum atomic E-state index is -0.972. The Bertz CT molecular complexity index is 1550. The van der Waals surface area contributed by atoms with Crippen LogP contribution in [0, 0.1) is 5.95 Å². The van der Waals surface area contributed by atoms with Gasteiger partial charge in [0.25, 0.3) is 0 Å². The quantitative estimate of drug-likeness (QED) is 0.309. The number of nitrogens with one attached hydrogen (secondary N) is 2. The highest BCUT2D eigenvalue weighted by atomic mass is 32.1. The van der Waals surface area contributed by atoms with Crippen molar-refractivity contribution in [3.63, 3.8) is 0 Å². The molecule has 0 radical (unpaired) electrons. The Labute approximate surface area is 193 Å². The number of halogens is 1. The van der Waals surface area contributed by atoms with Crippen molar-refractivity contribution >= 4 is 28.3 Å². The Morgan fingerprint density at radius 1 is 1.21 bits per heavy atom. The van der Waals surface area contributed by atoms with Crippen LogP contribution in [0.15, 0.2) is 50.2 Å². The minimum absolute atomic E-state index is 0.0158. The lowest BCUT2D eigenvalue weighted by Gasteiger charge is -2.09. The predicted molar refractivity (Wildman–Crippen MR) is 117 cm³/mol. The lowest BCUT2D eigenvalue weighted by molar-refractivity contribution is -0.119. The number of rotatable bonds is 6. The Morgan fingerprint density at radius 2 is 2.03 bits per heavy atom. The van der Waals surface area contributed by atoms with Crippen molar-refractivity contribution in [1.29, 1.82) is 0 Å². The molecule has 1 aromatic carbocycles. The summed E-state index contributed by atoms with van der Waals surface area (Å²) in [6, 6.07) is 7.12. The molecule has 5 rings (SSSR count). The van der Waals surface area contributed by atoms with Crippen LogP contribution in [0.5, 0.6) is 5.88 Å². The van der Waals surface area contributed by atoms with Crippen LogP contribution in [0.3, 0.4) is 0 Å². The summed E-state index contributed by atoms with van der Waals surface area (Å²) >= 11 is 0.822. The maximum atomic E-state index is 13.1. The van der Waals surface area contributed by atoms with E-state index in [2.05, 4.69) is 30.5 Å². The van der Waals surface area contributed by atoms with Gasteiger partial charge in [0.05, 0.1) is 11.3 Å². The van der Waals surface area contributed by atoms with Gasteiger partial charge < -0.3 is 19.3 Å². The van der Waals surface area contributed by atoms with Crippen LogP contribution in [0.1, 0.15) is 35.5 Å². The van der Waals surface area contributed by atoms with Gasteiger partial charge in [-0.25, -0.2) is 9.97 Å². The second kappa shape index (κ2) is 8.51. The van der Waals surface area contributed by atoms with Crippen LogP contribution in [0.2, 0.25) is 0 Å². The van der Waals surface area contributed by atoms with E-state index in [1.54, 1.807) is 24.3 Å². The number of oxazole rings is 1. The van der Waals surface area contributed by atoms with E-state index in [9.17, 15) is 19.1 Å². The normalized spacial score (nSPS) is 12.2. The Kier molecular flexibility index (Phi) is 5.37. The highest BCUT2D eigenvalue weighted by molar-refractivity contribution is 7.09. The number of hydrogen-bond acceptors (Lipinski definition) is 10. The monoisotopic (exact) mass is 482 g/mol. The maximum absolute atomic E-state index is 13.1. The van der Waals surface area contributed by atoms with E-state index in [1.165, 1.54) is 19.2 Å². The van der Waals surface area contributed by atoms with Crippen LogP contribution in [-0.2, 0) is 11.2 Å². The summed E-state index contributed by atoms with van der Waals surface area (Å²) in [7, 11) is 0. The van der Waals surface area contributed by atoms with Gasteiger partial charge in [-0.15, -0.1) is 10.2 Å². The number of aromatic amines is 1. The number of aromatic nitrogens is 5. The lowest BCUT2D eigenvalue weighted by atomic mass is 10.1. The summed E-state index contributed by atoms with van der Waals surface area (Å²) in [4.78, 5) is 33.5. The number of fused-ring (bicyclic) bond motifs is 1. The number of benzene rings is 1. The summed E-state index contributed by atoms with van der Waals surface area (Å²) < 4.78 is 24.7. The first kappa shape index (κ1) is 21.5. The van der Waals surface area contributed by atoms with E-state index in [-0.39, 0.29) is 35.9 Å². The largest absolute Gasteiger partial charge is 0.494 e. The van der Waals surface area contributed by atoms with E-state index in [1.807, 2.05) is 0 Å². The second-order valence-corrected chi connectivity index (χ2v) is 8.30. The minimum Gasteiger partial charge on any atom is -0.494 e. The molecule has 13 heteroatoms. The van der Waals surface area contributed by atoms with Crippen LogP contribution < -0.4 is 10.2 Å². The van der Waals surface area contributed by atoms with E-state index in [0.717, 1.165) is 16.9 Å². The molecule has 172 valence electrons. The SMILES string of the molecule is CC(=O)NC(c1nnc(Cc2sc(=O)[nH]c2O)o1)c1nc2ccc(-c3ccc(F)nc3)cc2o1. The third-order valence-electron chi connectivity index (χ3n) is 4.80. The van der Waals surface area contributed by atoms with Crippen LogP contribution in [0.4, 0.5) is 4.39 Å². The fourth-order valence-electron chi connectivity index (χ4n) is 3.29. The van der Waals surface area contributed by atoms with Gasteiger partial charge in [-0.05, 0) is 29.8 Å². The first-order valence-corrected chi connectivity index (χ1v) is 10.7. The molecule has 34 heavy (non-hydrogen) atoms. The van der Waals surface area contributed by atoms with Crippen molar-refractivity contribution in [1.82, 2.24) is 30.5 Å². The zero-order valence-corrected chi connectivity index (χ0v) is 18.2. The number of carbonyl (C=O) groups excluding carboxylic acids is 1. The molecule has 0 bridgehead atoms. The second-order valence-electron chi connectivity index (χ2n) is 7.23. The van der Waals surface area contributed by atoms with Crippen molar-refractivity contribution in [2.45, 2.75) is 19.4 Å². The molecule has 0 fully saturated rings. The van der Waals surface area contributed by atoms with Gasteiger partial charge in [-0.1, -0.05) is 17.4 Å². The molecule has 0 saturated carbocycles. The summed E-state index contributed by atoms with van der Waals surface area (Å²) in [6.07, 6.45) is 1.43. The molecule has 0 aliphatic rings. The zero-order chi connectivity index (χ0) is 23.8. The Hall–Kier alpha value is -4.39. The fourth-order valence-corrected chi connectivity index (χ4v) is 4.00. The highest BCUT2D eigenvalue weighted by Crippen LogP contribution is 2.29. The zero-order valence-electron chi connectivity index (χ0n) is 17.4. The number of amides is 1. The summed E-state index contributed by atoms with van der Waals surface area (Å²) in [5.41, 5.74) is 2.38. The third kappa shape index (κ3) is 4.28. The molecule has 1 unspecified atom stereocenters. The van der Waals surface area contributed by atoms with Crippen molar-refractivity contribution in [3.8, 4) is 17.0 Å². The maximum Gasteiger partial charge on any atom is 0.307 e. The molecular weight excluding hydrogens is 467 g/mol. The molecule has 0 aliphatic carbocycles. The molecule has 1 atom stereocenters. The van der Waals surface area contributed by atoms with Crippen molar-refractivity contribution in [2.24, 2.45) is 0 Å². The van der Waals surface area contributed by atoms with Gasteiger partial charge in [0.2, 0.25) is 35.4 Å². The molecule has 3 N–H and O–H groups in total. The highest BCUT2D eigenvalue weighted by Gasteiger charge is 2.28. The fraction of sp³-hybridized carbons (Fsp3) is 0.143. The number of pyridine rings is 1. The van der Waals surface area contributed by atoms with E-state index >= 15 is 0 Å². The number of nitrogens with zero attached hydrogens (tertiary/aromatic N) is 4. The molecular formula is C21H15FN6O5S. The molecule has 11 nitrogen and oxygen atoms in total. The number of aromatic hydroxyl groups is 1. The van der Waals surface area contributed by atoms with Crippen LogP contribution in [-0.4, -0.2) is 36.2 Å². The van der Waals surface area contributed by atoms with Crippen LogP contribution in [0.25, 0.3) is 22.2 Å². The van der Waals surface area contributed by atoms with Gasteiger partial charge in [0, 0.05) is 18.7 Å². The first-order valence-electron chi connectivity index (χ1n) is 9.88. The van der Waals surface area contributed by atoms with Gasteiger partial charge in [0.1, 0.15) is 5.52 Å². The first-order chi connectivity index (χ1) is 16.4. The van der Waals surface area contributed by atoms with Gasteiger partial charge in [-0.3, -0.25) is 14.6 Å². The Balaban J connectivity index is 1.47. The topological polar surface area (TPSA) is 160 Å². The molecule has 0 spiro atoms. The van der Waals surface area contributed by atoms with Crippen molar-refractivity contribution in [2.75, 3.05) is 0 Å². The van der Waals surface area contributed by atoms with Crippen LogP contribution >= 0.6 is 11.3 Å². The molecule has 4 aromatic heterocycles. The summed E-state index contributed by atoms with van der Waals surface area (Å²) in [5, 5.41) is 20.4. The summed E-state index contributed by atoms with van der Waals surface area (Å²) in [6.45, 7) is 1.32.